The molecular formula is C16H17N. The van der Waals surface area contributed by atoms with E-state index in [1.165, 1.54) is 22.5 Å². The van der Waals surface area contributed by atoms with Crippen LogP contribution in [-0.2, 0) is 6.42 Å². The molecule has 0 saturated heterocycles. The molecule has 2 aliphatic rings. The second kappa shape index (κ2) is 4.25. The molecule has 0 unspecified atom stereocenters. The Balaban J connectivity index is 2.12. The molecule has 86 valence electrons. The average Bonchev–Trinajstić information content (AvgIpc) is 2.66. The molecule has 0 radical (unpaired) electrons. The molecule has 1 aromatic carbocycles. The van der Waals surface area contributed by atoms with E-state index in [9.17, 15) is 0 Å². The zero-order valence-corrected chi connectivity index (χ0v) is 10.2. The summed E-state index contributed by atoms with van der Waals surface area (Å²) in [6.07, 6.45) is 12.4. The van der Waals surface area contributed by atoms with Gasteiger partial charge in [0.05, 0.1) is 0 Å². The lowest BCUT2D eigenvalue weighted by Crippen LogP contribution is -2.16. The molecule has 0 bridgehead atoms. The molecule has 1 heterocycles. The van der Waals surface area contributed by atoms with Crippen LogP contribution < -0.4 is 4.90 Å². The number of nitrogens with zero attached hydrogens (tertiary/aromatic N) is 1. The van der Waals surface area contributed by atoms with Gasteiger partial charge in [0.2, 0.25) is 0 Å². The molecule has 1 aliphatic heterocycles. The summed E-state index contributed by atoms with van der Waals surface area (Å²) >= 11 is 0. The Morgan fingerprint density at radius 1 is 1.00 bits per heavy atom. The van der Waals surface area contributed by atoms with E-state index in [1.54, 1.807) is 0 Å². The summed E-state index contributed by atoms with van der Waals surface area (Å²) in [5, 5.41) is 0. The standard InChI is InChI=1S/C16H17N/c1-17-15-9-4-2-3-7-13(15)11-12-14-8-5-6-10-16(14)17/h3-10H,2,11-12H2,1H3. The summed E-state index contributed by atoms with van der Waals surface area (Å²) in [6.45, 7) is 0. The first-order valence-corrected chi connectivity index (χ1v) is 6.24. The summed E-state index contributed by atoms with van der Waals surface area (Å²) in [5.41, 5.74) is 5.60. The lowest BCUT2D eigenvalue weighted by molar-refractivity contribution is 0.973. The van der Waals surface area contributed by atoms with E-state index < -0.39 is 0 Å². The smallest absolute Gasteiger partial charge is 0.0440 e. The van der Waals surface area contributed by atoms with Crippen molar-refractivity contribution in [1.82, 2.24) is 0 Å². The van der Waals surface area contributed by atoms with Gasteiger partial charge in [-0.1, -0.05) is 36.4 Å². The van der Waals surface area contributed by atoms with Gasteiger partial charge in [0.25, 0.3) is 0 Å². The molecule has 1 aromatic rings. The minimum Gasteiger partial charge on any atom is -0.344 e. The van der Waals surface area contributed by atoms with Gasteiger partial charge in [0.1, 0.15) is 0 Å². The number of likely N-dealkylation sites (N-methyl/N-ethyl adjacent to an activating group) is 1. The van der Waals surface area contributed by atoms with E-state index in [-0.39, 0.29) is 0 Å². The third-order valence-corrected chi connectivity index (χ3v) is 3.57. The highest BCUT2D eigenvalue weighted by Crippen LogP contribution is 2.32. The van der Waals surface area contributed by atoms with Crippen LogP contribution in [-0.4, -0.2) is 7.05 Å². The molecule has 3 rings (SSSR count). The van der Waals surface area contributed by atoms with Crippen LogP contribution in [0.4, 0.5) is 5.69 Å². The molecule has 17 heavy (non-hydrogen) atoms. The molecule has 0 aromatic heterocycles. The Morgan fingerprint density at radius 2 is 1.82 bits per heavy atom. The minimum atomic E-state index is 1.04. The minimum absolute atomic E-state index is 1.04. The van der Waals surface area contributed by atoms with Crippen LogP contribution in [0.2, 0.25) is 0 Å². The molecule has 0 amide bonds. The second-order valence-electron chi connectivity index (χ2n) is 4.64. The Hall–Kier alpha value is -1.76. The van der Waals surface area contributed by atoms with Crippen LogP contribution in [0.1, 0.15) is 18.4 Å². The van der Waals surface area contributed by atoms with Gasteiger partial charge in [-0.25, -0.2) is 0 Å². The third kappa shape index (κ3) is 1.82. The first-order valence-electron chi connectivity index (χ1n) is 6.24. The fourth-order valence-electron chi connectivity index (χ4n) is 2.65. The topological polar surface area (TPSA) is 3.24 Å². The number of rotatable bonds is 0. The zero-order chi connectivity index (χ0) is 11.7. The molecular weight excluding hydrogens is 206 g/mol. The van der Waals surface area contributed by atoms with E-state index in [0.717, 1.165) is 19.3 Å². The molecule has 0 saturated carbocycles. The maximum absolute atomic E-state index is 2.32. The fourth-order valence-corrected chi connectivity index (χ4v) is 2.65. The Bertz CT molecular complexity index is 520. The Labute approximate surface area is 103 Å². The van der Waals surface area contributed by atoms with Gasteiger partial charge in [0, 0.05) is 18.4 Å². The highest BCUT2D eigenvalue weighted by atomic mass is 15.1. The van der Waals surface area contributed by atoms with Gasteiger partial charge in [-0.15, -0.1) is 0 Å². The third-order valence-electron chi connectivity index (χ3n) is 3.57. The number of hydrogen-bond donors (Lipinski definition) is 0. The van der Waals surface area contributed by atoms with Gasteiger partial charge in [-0.3, -0.25) is 0 Å². The highest BCUT2D eigenvalue weighted by molar-refractivity contribution is 5.63. The van der Waals surface area contributed by atoms with Crippen LogP contribution in [0, 0.1) is 0 Å². The maximum Gasteiger partial charge on any atom is 0.0440 e. The lowest BCUT2D eigenvalue weighted by atomic mass is 10.0. The predicted molar refractivity (Wildman–Crippen MR) is 73.1 cm³/mol. The lowest BCUT2D eigenvalue weighted by Gasteiger charge is -2.22. The highest BCUT2D eigenvalue weighted by Gasteiger charge is 2.17. The van der Waals surface area contributed by atoms with E-state index >= 15 is 0 Å². The number of hydrogen-bond acceptors (Lipinski definition) is 1. The number of allylic oxidation sites excluding steroid dienone is 5. The quantitative estimate of drug-likeness (QED) is 0.646. The van der Waals surface area contributed by atoms with Crippen molar-refractivity contribution < 1.29 is 0 Å². The summed E-state index contributed by atoms with van der Waals surface area (Å²) in [7, 11) is 2.17. The van der Waals surface area contributed by atoms with E-state index in [1.807, 2.05) is 0 Å². The summed E-state index contributed by atoms with van der Waals surface area (Å²) in [4.78, 5) is 2.32. The first kappa shape index (κ1) is 10.4. The number of fused-ring (bicyclic) bond motifs is 1. The second-order valence-corrected chi connectivity index (χ2v) is 4.64. The summed E-state index contributed by atoms with van der Waals surface area (Å²) in [6, 6.07) is 8.71. The van der Waals surface area contributed by atoms with Crippen molar-refractivity contribution in [2.75, 3.05) is 11.9 Å². The monoisotopic (exact) mass is 223 g/mol. The van der Waals surface area contributed by atoms with Crippen molar-refractivity contribution in [2.45, 2.75) is 19.3 Å². The molecule has 0 atom stereocenters. The van der Waals surface area contributed by atoms with Crippen LogP contribution in [0.3, 0.4) is 0 Å². The van der Waals surface area contributed by atoms with E-state index in [4.69, 9.17) is 0 Å². The average molecular weight is 223 g/mol. The molecule has 0 N–H and O–H groups in total. The Kier molecular flexibility index (Phi) is 2.60. The number of para-hydroxylation sites is 1. The predicted octanol–water partition coefficient (Wildman–Crippen LogP) is 3.84. The van der Waals surface area contributed by atoms with E-state index in [0.29, 0.717) is 0 Å². The number of benzene rings is 1. The normalized spacial score (nSPS) is 18.5. The van der Waals surface area contributed by atoms with Crippen molar-refractivity contribution >= 4 is 5.69 Å². The van der Waals surface area contributed by atoms with Crippen LogP contribution in [0.5, 0.6) is 0 Å². The summed E-state index contributed by atoms with van der Waals surface area (Å²) < 4.78 is 0. The first-order chi connectivity index (χ1) is 8.36. The van der Waals surface area contributed by atoms with Crippen LogP contribution >= 0.6 is 0 Å². The van der Waals surface area contributed by atoms with Crippen molar-refractivity contribution in [3.05, 3.63) is 65.4 Å². The summed E-state index contributed by atoms with van der Waals surface area (Å²) in [5.74, 6) is 0. The van der Waals surface area contributed by atoms with Crippen molar-refractivity contribution in [3.63, 3.8) is 0 Å². The molecule has 0 spiro atoms. The van der Waals surface area contributed by atoms with Crippen LogP contribution in [0.25, 0.3) is 0 Å². The maximum atomic E-state index is 2.32. The van der Waals surface area contributed by atoms with Gasteiger partial charge < -0.3 is 4.90 Å². The molecule has 1 heteroatoms. The molecule has 1 aliphatic carbocycles. The van der Waals surface area contributed by atoms with Crippen LogP contribution in [0.15, 0.2) is 59.8 Å². The largest absolute Gasteiger partial charge is 0.344 e. The van der Waals surface area contributed by atoms with E-state index in [2.05, 4.69) is 60.5 Å². The zero-order valence-electron chi connectivity index (χ0n) is 10.2. The Morgan fingerprint density at radius 3 is 2.76 bits per heavy atom. The van der Waals surface area contributed by atoms with Gasteiger partial charge in [-0.2, -0.15) is 0 Å². The fraction of sp³-hybridized carbons (Fsp3) is 0.250. The van der Waals surface area contributed by atoms with Crippen molar-refractivity contribution in [3.8, 4) is 0 Å². The molecule has 1 nitrogen and oxygen atoms in total. The van der Waals surface area contributed by atoms with Gasteiger partial charge >= 0.3 is 0 Å². The number of aryl methyl sites for hydroxylation is 1. The SMILES string of the molecule is CN1C2=C(C=CCC=C2)CCc2ccccc21. The van der Waals surface area contributed by atoms with Crippen molar-refractivity contribution in [1.29, 1.82) is 0 Å². The van der Waals surface area contributed by atoms with Gasteiger partial charge in [0.15, 0.2) is 0 Å². The molecule has 0 fully saturated rings. The van der Waals surface area contributed by atoms with Crippen molar-refractivity contribution in [2.24, 2.45) is 0 Å². The number of anilines is 1. The van der Waals surface area contributed by atoms with Gasteiger partial charge in [-0.05, 0) is 42.5 Å².